The van der Waals surface area contributed by atoms with Crippen molar-refractivity contribution in [3.05, 3.63) is 11.6 Å². The summed E-state index contributed by atoms with van der Waals surface area (Å²) >= 11 is 0. The van der Waals surface area contributed by atoms with Crippen LogP contribution in [0.15, 0.2) is 11.6 Å². The summed E-state index contributed by atoms with van der Waals surface area (Å²) < 4.78 is 10.00. The van der Waals surface area contributed by atoms with Crippen molar-refractivity contribution in [2.24, 2.45) is 5.92 Å². The molecule has 0 N–H and O–H groups in total. The molecule has 1 unspecified atom stereocenters. The predicted octanol–water partition coefficient (Wildman–Crippen LogP) is 2.56. The van der Waals surface area contributed by atoms with Gasteiger partial charge in [0.25, 0.3) is 0 Å². The van der Waals surface area contributed by atoms with Gasteiger partial charge < -0.3 is 9.47 Å². The first kappa shape index (κ1) is 14.2. The summed E-state index contributed by atoms with van der Waals surface area (Å²) in [4.78, 5) is 11.0. The van der Waals surface area contributed by atoms with Crippen LogP contribution >= 0.6 is 0 Å². The molecule has 15 heavy (non-hydrogen) atoms. The molecule has 1 atom stereocenters. The molecule has 0 aliphatic heterocycles. The van der Waals surface area contributed by atoms with Crippen LogP contribution in [0.1, 0.15) is 33.6 Å². The van der Waals surface area contributed by atoms with Crippen molar-refractivity contribution in [2.75, 3.05) is 20.3 Å². The molecule has 0 bridgehead atoms. The monoisotopic (exact) mass is 214 g/mol. The zero-order valence-corrected chi connectivity index (χ0v) is 10.2. The first-order valence-corrected chi connectivity index (χ1v) is 5.44. The number of carbonyl (C=O) groups is 1. The highest BCUT2D eigenvalue weighted by molar-refractivity contribution is 5.87. The Kier molecular flexibility index (Phi) is 8.01. The van der Waals surface area contributed by atoms with Crippen LogP contribution in [0.5, 0.6) is 0 Å². The quantitative estimate of drug-likeness (QED) is 0.371. The van der Waals surface area contributed by atoms with Gasteiger partial charge in [0.1, 0.15) is 0 Å². The van der Waals surface area contributed by atoms with E-state index < -0.39 is 0 Å². The van der Waals surface area contributed by atoms with Gasteiger partial charge in [0, 0.05) is 12.2 Å². The number of hydrogen-bond donors (Lipinski definition) is 0. The van der Waals surface area contributed by atoms with Gasteiger partial charge in [-0.05, 0) is 25.3 Å². The first-order valence-electron chi connectivity index (χ1n) is 5.44. The molecular weight excluding hydrogens is 192 g/mol. The molecule has 0 saturated carbocycles. The van der Waals surface area contributed by atoms with Crippen molar-refractivity contribution in [3.8, 4) is 0 Å². The van der Waals surface area contributed by atoms with Gasteiger partial charge in [-0.15, -0.1) is 0 Å². The molecule has 0 saturated heterocycles. The molecule has 0 radical (unpaired) electrons. The summed E-state index contributed by atoms with van der Waals surface area (Å²) in [6, 6.07) is 0. The maximum atomic E-state index is 11.0. The fourth-order valence-electron chi connectivity index (χ4n) is 1.27. The van der Waals surface area contributed by atoms with E-state index in [0.29, 0.717) is 18.1 Å². The van der Waals surface area contributed by atoms with E-state index in [2.05, 4.69) is 18.6 Å². The zero-order chi connectivity index (χ0) is 11.7. The summed E-state index contributed by atoms with van der Waals surface area (Å²) in [5, 5.41) is 0. The SMILES string of the molecule is CCCC(C)COC/C=C(/C)C(=O)OC. The largest absolute Gasteiger partial charge is 0.466 e. The molecule has 0 heterocycles. The Bertz CT molecular complexity index is 209. The van der Waals surface area contributed by atoms with E-state index in [4.69, 9.17) is 4.74 Å². The number of carbonyl (C=O) groups excluding carboxylic acids is 1. The van der Waals surface area contributed by atoms with E-state index in [1.54, 1.807) is 13.0 Å². The molecule has 0 aliphatic carbocycles. The van der Waals surface area contributed by atoms with Gasteiger partial charge in [0.2, 0.25) is 0 Å². The Morgan fingerprint density at radius 1 is 1.47 bits per heavy atom. The first-order chi connectivity index (χ1) is 7.11. The highest BCUT2D eigenvalue weighted by Crippen LogP contribution is 2.05. The van der Waals surface area contributed by atoms with Crippen molar-refractivity contribution >= 4 is 5.97 Å². The van der Waals surface area contributed by atoms with Gasteiger partial charge in [-0.25, -0.2) is 4.79 Å². The molecule has 0 aromatic carbocycles. The molecule has 0 rings (SSSR count). The zero-order valence-electron chi connectivity index (χ0n) is 10.2. The lowest BCUT2D eigenvalue weighted by Crippen LogP contribution is -2.07. The van der Waals surface area contributed by atoms with Gasteiger partial charge in [-0.1, -0.05) is 20.3 Å². The minimum absolute atomic E-state index is 0.291. The molecule has 0 spiro atoms. The predicted molar refractivity (Wildman–Crippen MR) is 60.7 cm³/mol. The van der Waals surface area contributed by atoms with E-state index in [0.717, 1.165) is 6.61 Å². The standard InChI is InChI=1S/C12H22O3/c1-5-6-10(2)9-15-8-7-11(3)12(13)14-4/h7,10H,5-6,8-9H2,1-4H3/b11-7-. The lowest BCUT2D eigenvalue weighted by molar-refractivity contribution is -0.136. The normalized spacial score (nSPS) is 13.7. The summed E-state index contributed by atoms with van der Waals surface area (Å²) in [6.45, 7) is 7.29. The van der Waals surface area contributed by atoms with Gasteiger partial charge in [0.05, 0.1) is 13.7 Å². The molecule has 0 aromatic heterocycles. The maximum Gasteiger partial charge on any atom is 0.333 e. The van der Waals surface area contributed by atoms with Crippen molar-refractivity contribution in [1.82, 2.24) is 0 Å². The highest BCUT2D eigenvalue weighted by Gasteiger charge is 2.02. The van der Waals surface area contributed by atoms with E-state index in [-0.39, 0.29) is 5.97 Å². The average molecular weight is 214 g/mol. The fourth-order valence-corrected chi connectivity index (χ4v) is 1.27. The summed E-state index contributed by atoms with van der Waals surface area (Å²) in [6.07, 6.45) is 4.12. The Balaban J connectivity index is 3.64. The highest BCUT2D eigenvalue weighted by atomic mass is 16.5. The average Bonchev–Trinajstić information content (AvgIpc) is 2.23. The Morgan fingerprint density at radius 3 is 2.67 bits per heavy atom. The lowest BCUT2D eigenvalue weighted by Gasteiger charge is -2.09. The summed E-state index contributed by atoms with van der Waals surface area (Å²) in [5.74, 6) is 0.294. The van der Waals surface area contributed by atoms with Crippen LogP contribution < -0.4 is 0 Å². The molecule has 0 amide bonds. The van der Waals surface area contributed by atoms with Crippen molar-refractivity contribution in [2.45, 2.75) is 33.6 Å². The van der Waals surface area contributed by atoms with Crippen molar-refractivity contribution in [3.63, 3.8) is 0 Å². The van der Waals surface area contributed by atoms with E-state index in [1.165, 1.54) is 20.0 Å². The molecule has 3 nitrogen and oxygen atoms in total. The second-order valence-electron chi connectivity index (χ2n) is 3.81. The van der Waals surface area contributed by atoms with E-state index in [1.807, 2.05) is 0 Å². The van der Waals surface area contributed by atoms with Crippen LogP contribution in [0.25, 0.3) is 0 Å². The molecule has 3 heteroatoms. The third-order valence-corrected chi connectivity index (χ3v) is 2.20. The van der Waals surface area contributed by atoms with Crippen molar-refractivity contribution in [1.29, 1.82) is 0 Å². The van der Waals surface area contributed by atoms with Crippen LogP contribution in [-0.2, 0) is 14.3 Å². The fraction of sp³-hybridized carbons (Fsp3) is 0.750. The second-order valence-corrected chi connectivity index (χ2v) is 3.81. The smallest absolute Gasteiger partial charge is 0.333 e. The van der Waals surface area contributed by atoms with E-state index >= 15 is 0 Å². The van der Waals surface area contributed by atoms with Crippen LogP contribution in [0.4, 0.5) is 0 Å². The third-order valence-electron chi connectivity index (χ3n) is 2.20. The van der Waals surface area contributed by atoms with Gasteiger partial charge in [-0.3, -0.25) is 0 Å². The molecule has 0 aromatic rings. The third kappa shape index (κ3) is 7.14. The van der Waals surface area contributed by atoms with Gasteiger partial charge in [0.15, 0.2) is 0 Å². The van der Waals surface area contributed by atoms with Gasteiger partial charge >= 0.3 is 5.97 Å². The lowest BCUT2D eigenvalue weighted by atomic mass is 10.1. The van der Waals surface area contributed by atoms with Crippen LogP contribution in [0, 0.1) is 5.92 Å². The Labute approximate surface area is 92.5 Å². The van der Waals surface area contributed by atoms with Gasteiger partial charge in [-0.2, -0.15) is 0 Å². The number of rotatable bonds is 7. The molecule has 0 aliphatic rings. The van der Waals surface area contributed by atoms with Crippen LogP contribution in [0.2, 0.25) is 0 Å². The Morgan fingerprint density at radius 2 is 2.13 bits per heavy atom. The second kappa shape index (κ2) is 8.48. The number of esters is 1. The summed E-state index contributed by atoms with van der Waals surface area (Å²) in [7, 11) is 1.38. The number of ether oxygens (including phenoxy) is 2. The molecule has 88 valence electrons. The minimum Gasteiger partial charge on any atom is -0.466 e. The van der Waals surface area contributed by atoms with Crippen molar-refractivity contribution < 1.29 is 14.3 Å². The molecule has 0 fully saturated rings. The number of hydrogen-bond acceptors (Lipinski definition) is 3. The maximum absolute atomic E-state index is 11.0. The topological polar surface area (TPSA) is 35.5 Å². The van der Waals surface area contributed by atoms with E-state index in [9.17, 15) is 4.79 Å². The van der Waals surface area contributed by atoms with Crippen LogP contribution in [-0.4, -0.2) is 26.3 Å². The Hall–Kier alpha value is -0.830. The minimum atomic E-state index is -0.291. The van der Waals surface area contributed by atoms with Crippen LogP contribution in [0.3, 0.4) is 0 Å². The molecular formula is C12H22O3. The summed E-state index contributed by atoms with van der Waals surface area (Å²) in [5.41, 5.74) is 0.598. The number of methoxy groups -OCH3 is 1.